The molecular formula is C96H100FN5O21S8. The standard InChI is InChI=1S/C26H29NO6S2.C24H24FNO5S2.C23H24N2O5S2.C23H23NO5S2/c1-2-33-23-13-12-18(14-21(23)17-8-4-3-5-9-17)35(31,32)27-22-15-24(34-16-25(28)29)26(30)20-11-7-6-10-19(20)22;25-17-10-16(15-6-2-1-3-7-15)11-18(12-17)33(30,31)26-21-13-22(32-14-23(27)28)24(29)20-9-5-4-8-19(20)21;26-22(27)15-31-21-14-20(18-9-2-3-10-19(18)23(21)28)24-32(29,30)17-8-6-7-16(13-17)25-11-4-1-5-12-25;25-22(26)14-30-21-13-20(18-10-3-4-11-19(18)23(21)27)24-31(28,29)17-9-5-8-16(12-17)15-6-1-2-7-15/h6-7,10-15,17,27,30H,2-5,8-9,16H2,1H3,(H,28,29);4-5,8-13,15,26,29H,1-3,6-7,14H2,(H,27,28);2-3,6-10,13-14,24,28H,1,4-5,11-12,15H2,(H,26,27);3-5,8-13,15,24,27H,1-2,6-7,14H2,(H,25,26). The quantitative estimate of drug-likeness (QED) is 0.0147. The minimum atomic E-state index is -4.15. The highest BCUT2D eigenvalue weighted by Crippen LogP contribution is 2.48. The molecule has 3 aliphatic carbocycles. The fraction of sp³-hybridized carbons (Fsp3) is 0.292. The van der Waals surface area contributed by atoms with Crippen LogP contribution in [0.15, 0.2) is 245 Å². The van der Waals surface area contributed by atoms with Gasteiger partial charge in [-0.05, 0) is 190 Å². The summed E-state index contributed by atoms with van der Waals surface area (Å²) in [6, 6.07) is 56.0. The second-order valence-corrected chi connectivity index (χ2v) is 42.8. The van der Waals surface area contributed by atoms with Gasteiger partial charge in [-0.1, -0.05) is 167 Å². The van der Waals surface area contributed by atoms with E-state index in [1.807, 2.05) is 19.1 Å². The molecule has 3 saturated carbocycles. The molecule has 26 nitrogen and oxygen atoms in total. The molecular weight excluding hydrogens is 1830 g/mol. The molecule has 131 heavy (non-hydrogen) atoms. The van der Waals surface area contributed by atoms with E-state index in [1.54, 1.807) is 152 Å². The summed E-state index contributed by atoms with van der Waals surface area (Å²) in [6.07, 6.45) is 18.3. The molecule has 35 heteroatoms. The molecule has 1 heterocycles. The molecule has 4 fully saturated rings. The summed E-state index contributed by atoms with van der Waals surface area (Å²) in [6.45, 7) is 4.22. The Morgan fingerprint density at radius 1 is 0.351 bits per heavy atom. The number of aliphatic carboxylic acids is 4. The van der Waals surface area contributed by atoms with Crippen LogP contribution >= 0.6 is 47.0 Å². The Morgan fingerprint density at radius 2 is 0.672 bits per heavy atom. The van der Waals surface area contributed by atoms with Gasteiger partial charge in [-0.15, -0.1) is 47.0 Å². The Hall–Kier alpha value is -11.3. The van der Waals surface area contributed by atoms with Crippen LogP contribution in [-0.4, -0.2) is 141 Å². The zero-order valence-electron chi connectivity index (χ0n) is 71.3. The third-order valence-electron chi connectivity index (χ3n) is 23.1. The first-order chi connectivity index (χ1) is 62.7. The number of hydrogen-bond acceptors (Lipinski definition) is 22. The zero-order valence-corrected chi connectivity index (χ0v) is 77.8. The van der Waals surface area contributed by atoms with Gasteiger partial charge in [0.25, 0.3) is 40.1 Å². The number of phenols is 4. The van der Waals surface area contributed by atoms with Crippen LogP contribution < -0.4 is 28.5 Å². The van der Waals surface area contributed by atoms with Crippen molar-refractivity contribution < 1.29 is 103 Å². The first kappa shape index (κ1) is 97.2. The number of carbonyl (C=O) groups is 4. The number of nitrogens with zero attached hydrogens (tertiary/aromatic N) is 1. The molecule has 1 aliphatic heterocycles. The second kappa shape index (κ2) is 43.8. The predicted molar refractivity (Wildman–Crippen MR) is 515 cm³/mol. The summed E-state index contributed by atoms with van der Waals surface area (Å²) in [5.41, 5.74) is 4.56. The van der Waals surface area contributed by atoms with Crippen LogP contribution in [-0.2, 0) is 59.3 Å². The maximum Gasteiger partial charge on any atom is 0.313 e. The highest BCUT2D eigenvalue weighted by Gasteiger charge is 2.30. The van der Waals surface area contributed by atoms with Crippen molar-refractivity contribution in [3.05, 3.63) is 229 Å². The molecule has 12 aromatic carbocycles. The smallest absolute Gasteiger partial charge is 0.313 e. The fourth-order valence-electron chi connectivity index (χ4n) is 16.8. The van der Waals surface area contributed by atoms with Gasteiger partial charge in [0.1, 0.15) is 34.6 Å². The molecule has 690 valence electrons. The topological polar surface area (TPSA) is 427 Å². The van der Waals surface area contributed by atoms with Gasteiger partial charge in [0, 0.05) is 61.9 Å². The minimum Gasteiger partial charge on any atom is -0.506 e. The molecule has 0 amide bonds. The number of thioether (sulfide) groups is 4. The average Bonchev–Trinajstić information content (AvgIpc) is 1.02. The van der Waals surface area contributed by atoms with Gasteiger partial charge >= 0.3 is 23.9 Å². The lowest BCUT2D eigenvalue weighted by molar-refractivity contribution is -0.134. The third-order valence-corrected chi connectivity index (χ3v) is 32.6. The van der Waals surface area contributed by atoms with Crippen LogP contribution in [0.5, 0.6) is 28.7 Å². The Bertz CT molecular complexity index is 6730. The molecule has 12 N–H and O–H groups in total. The number of phenolic OH excluding ortho intramolecular Hbond substituents is 4. The van der Waals surface area contributed by atoms with Gasteiger partial charge < -0.3 is 50.5 Å². The number of benzene rings is 12. The first-order valence-corrected chi connectivity index (χ1v) is 52.6. The summed E-state index contributed by atoms with van der Waals surface area (Å²) < 4.78 is 137. The number of rotatable bonds is 30. The summed E-state index contributed by atoms with van der Waals surface area (Å²) in [5.74, 6) is -4.63. The van der Waals surface area contributed by atoms with E-state index in [2.05, 4.69) is 23.8 Å². The van der Waals surface area contributed by atoms with Crippen LogP contribution in [0.3, 0.4) is 0 Å². The highest BCUT2D eigenvalue weighted by atomic mass is 32.2. The number of hydrogen-bond donors (Lipinski definition) is 12. The van der Waals surface area contributed by atoms with Crippen molar-refractivity contribution >= 4 is 183 Å². The molecule has 16 rings (SSSR count). The molecule has 0 spiro atoms. The van der Waals surface area contributed by atoms with Crippen molar-refractivity contribution in [2.24, 2.45) is 0 Å². The van der Waals surface area contributed by atoms with E-state index in [1.165, 1.54) is 49.2 Å². The van der Waals surface area contributed by atoms with Crippen LogP contribution in [0.25, 0.3) is 43.1 Å². The van der Waals surface area contributed by atoms with E-state index < -0.39 is 69.8 Å². The summed E-state index contributed by atoms with van der Waals surface area (Å²) in [5, 5.41) is 82.2. The Labute approximate surface area is 776 Å². The fourth-order valence-corrected chi connectivity index (χ4v) is 24.2. The van der Waals surface area contributed by atoms with Crippen molar-refractivity contribution in [2.45, 2.75) is 173 Å². The first-order valence-electron chi connectivity index (χ1n) is 42.7. The van der Waals surface area contributed by atoms with Crippen molar-refractivity contribution in [3.8, 4) is 28.7 Å². The van der Waals surface area contributed by atoms with E-state index in [-0.39, 0.29) is 99.4 Å². The van der Waals surface area contributed by atoms with Crippen LogP contribution in [0.2, 0.25) is 0 Å². The van der Waals surface area contributed by atoms with E-state index >= 15 is 0 Å². The molecule has 1 saturated heterocycles. The van der Waals surface area contributed by atoms with Crippen LogP contribution in [0.4, 0.5) is 32.8 Å². The molecule has 0 bridgehead atoms. The summed E-state index contributed by atoms with van der Waals surface area (Å²) in [4.78, 5) is 47.6. The zero-order chi connectivity index (χ0) is 93.3. The molecule has 0 unspecified atom stereocenters. The lowest BCUT2D eigenvalue weighted by Crippen LogP contribution is -2.29. The van der Waals surface area contributed by atoms with Crippen molar-refractivity contribution in [3.63, 3.8) is 0 Å². The number of ether oxygens (including phenoxy) is 1. The van der Waals surface area contributed by atoms with Crippen LogP contribution in [0.1, 0.15) is 151 Å². The predicted octanol–water partition coefficient (Wildman–Crippen LogP) is 21.4. The molecule has 0 atom stereocenters. The van der Waals surface area contributed by atoms with Gasteiger partial charge in [0.05, 0.1) is 91.5 Å². The van der Waals surface area contributed by atoms with Gasteiger partial charge in [-0.3, -0.25) is 38.1 Å². The monoisotopic (exact) mass is 1930 g/mol. The Morgan fingerprint density at radius 3 is 1.05 bits per heavy atom. The number of nitrogens with one attached hydrogen (secondary N) is 4. The largest absolute Gasteiger partial charge is 0.506 e. The van der Waals surface area contributed by atoms with Gasteiger partial charge in [0.15, 0.2) is 0 Å². The van der Waals surface area contributed by atoms with Crippen molar-refractivity contribution in [1.29, 1.82) is 0 Å². The number of anilines is 5. The SMILES string of the molecule is CCOc1ccc(S(=O)(=O)Nc2cc(SCC(=O)O)c(O)c3ccccc23)cc1C1CCCCC1.O=C(O)CSc1cc(NS(=O)(=O)c2cc(F)cc(C3CCCCC3)c2)c2ccccc2c1O.O=C(O)CSc1cc(NS(=O)(=O)c2cccc(C3CCCC3)c2)c2ccccc2c1O.O=C(O)CSc1cc(NS(=O)(=O)c2cccc(N3CCCCC3)c2)c2ccccc2c1O. The normalized spacial score (nSPS) is 14.7. The summed E-state index contributed by atoms with van der Waals surface area (Å²) >= 11 is 3.70. The third kappa shape index (κ3) is 24.7. The lowest BCUT2D eigenvalue weighted by atomic mass is 9.84. The Balaban J connectivity index is 0.000000149. The minimum absolute atomic E-state index is 0.0620. The van der Waals surface area contributed by atoms with E-state index in [0.717, 1.165) is 185 Å². The number of carboxylic acid groups (broad SMARTS) is 4. The van der Waals surface area contributed by atoms with Gasteiger partial charge in [0.2, 0.25) is 0 Å². The molecule has 4 aliphatic rings. The molecule has 0 radical (unpaired) electrons. The van der Waals surface area contributed by atoms with E-state index in [9.17, 15) is 77.7 Å². The second-order valence-electron chi connectivity index (χ2n) is 32.0. The number of fused-ring (bicyclic) bond motifs is 4. The number of carboxylic acids is 4. The summed E-state index contributed by atoms with van der Waals surface area (Å²) in [7, 11) is -15.9. The highest BCUT2D eigenvalue weighted by molar-refractivity contribution is 8.01. The Kier molecular flexibility index (Phi) is 32.5. The van der Waals surface area contributed by atoms with Gasteiger partial charge in [-0.25, -0.2) is 38.1 Å². The lowest BCUT2D eigenvalue weighted by Gasteiger charge is -2.29. The molecule has 12 aromatic rings. The van der Waals surface area contributed by atoms with E-state index in [4.69, 9.17) is 25.2 Å². The number of sulfonamides is 4. The average molecular weight is 1940 g/mol. The van der Waals surface area contributed by atoms with E-state index in [0.29, 0.717) is 81.6 Å². The maximum atomic E-state index is 14.4. The van der Waals surface area contributed by atoms with Gasteiger partial charge in [-0.2, -0.15) is 0 Å². The number of aromatic hydroxyl groups is 4. The molecule has 0 aromatic heterocycles. The number of halogens is 1. The number of piperidine rings is 1. The van der Waals surface area contributed by atoms with Crippen molar-refractivity contribution in [1.82, 2.24) is 0 Å². The van der Waals surface area contributed by atoms with Crippen molar-refractivity contribution in [2.75, 3.05) is 66.5 Å². The van der Waals surface area contributed by atoms with Crippen LogP contribution in [0, 0.1) is 5.82 Å². The maximum absolute atomic E-state index is 14.4.